The molecule has 86 valence electrons. The lowest BCUT2D eigenvalue weighted by Gasteiger charge is -2.18. The zero-order chi connectivity index (χ0) is 11.5. The molecule has 1 aromatic rings. The van der Waals surface area contributed by atoms with Crippen molar-refractivity contribution in [3.8, 4) is 0 Å². The Hall–Kier alpha value is -0.880. The lowest BCUT2D eigenvalue weighted by Crippen LogP contribution is -2.32. The molecule has 0 bridgehead atoms. The summed E-state index contributed by atoms with van der Waals surface area (Å²) in [5.74, 6) is 0.119. The summed E-state index contributed by atoms with van der Waals surface area (Å²) in [5, 5.41) is 6.43. The van der Waals surface area contributed by atoms with E-state index in [2.05, 4.69) is 14.9 Å². The fraction of sp³-hybridized carbons (Fsp3) is 0.667. The fourth-order valence-corrected chi connectivity index (χ4v) is 2.81. The number of rotatable bonds is 4. The SMILES string of the molecule is CC(C)(C)CS(=O)(=O)NCc1ccn[nH]1. The number of sulfonamides is 1. The number of hydrogen-bond donors (Lipinski definition) is 2. The van der Waals surface area contributed by atoms with Gasteiger partial charge in [-0.1, -0.05) is 20.8 Å². The van der Waals surface area contributed by atoms with Gasteiger partial charge >= 0.3 is 0 Å². The van der Waals surface area contributed by atoms with Crippen molar-refractivity contribution in [2.75, 3.05) is 5.75 Å². The van der Waals surface area contributed by atoms with Gasteiger partial charge in [-0.3, -0.25) is 5.10 Å². The predicted octanol–water partition coefficient (Wildman–Crippen LogP) is 0.875. The van der Waals surface area contributed by atoms with E-state index in [1.807, 2.05) is 20.8 Å². The van der Waals surface area contributed by atoms with E-state index in [-0.39, 0.29) is 17.7 Å². The first-order chi connectivity index (χ1) is 6.79. The van der Waals surface area contributed by atoms with E-state index in [4.69, 9.17) is 0 Å². The van der Waals surface area contributed by atoms with Crippen molar-refractivity contribution in [1.82, 2.24) is 14.9 Å². The van der Waals surface area contributed by atoms with Crippen LogP contribution in [0.2, 0.25) is 0 Å². The summed E-state index contributed by atoms with van der Waals surface area (Å²) in [6.07, 6.45) is 1.59. The number of aromatic amines is 1. The van der Waals surface area contributed by atoms with Crippen molar-refractivity contribution in [2.45, 2.75) is 27.3 Å². The summed E-state index contributed by atoms with van der Waals surface area (Å²) in [4.78, 5) is 0. The molecule has 0 unspecified atom stereocenters. The van der Waals surface area contributed by atoms with Crippen LogP contribution in [0.5, 0.6) is 0 Å². The molecule has 0 aliphatic carbocycles. The minimum absolute atomic E-state index is 0.119. The van der Waals surface area contributed by atoms with Crippen LogP contribution in [0.1, 0.15) is 26.5 Å². The number of hydrogen-bond acceptors (Lipinski definition) is 3. The van der Waals surface area contributed by atoms with E-state index in [1.54, 1.807) is 12.3 Å². The zero-order valence-electron chi connectivity index (χ0n) is 9.24. The smallest absolute Gasteiger partial charge is 0.212 e. The molecule has 2 N–H and O–H groups in total. The van der Waals surface area contributed by atoms with Gasteiger partial charge < -0.3 is 0 Å². The maximum atomic E-state index is 11.6. The first-order valence-corrected chi connectivity index (χ1v) is 6.39. The molecule has 1 rings (SSSR count). The van der Waals surface area contributed by atoms with E-state index in [0.717, 1.165) is 5.69 Å². The highest BCUT2D eigenvalue weighted by Gasteiger charge is 2.21. The molecule has 1 aromatic heterocycles. The second-order valence-corrected chi connectivity index (χ2v) is 6.53. The summed E-state index contributed by atoms with van der Waals surface area (Å²) in [7, 11) is -3.21. The van der Waals surface area contributed by atoms with Crippen molar-refractivity contribution >= 4 is 10.0 Å². The Bertz CT molecular complexity index is 389. The van der Waals surface area contributed by atoms with Crippen LogP contribution in [0, 0.1) is 5.41 Å². The van der Waals surface area contributed by atoms with Crippen molar-refractivity contribution in [3.63, 3.8) is 0 Å². The Morgan fingerprint density at radius 3 is 2.60 bits per heavy atom. The van der Waals surface area contributed by atoms with Crippen LogP contribution < -0.4 is 4.72 Å². The Morgan fingerprint density at radius 2 is 2.13 bits per heavy atom. The van der Waals surface area contributed by atoms with Gasteiger partial charge in [-0.2, -0.15) is 5.10 Å². The number of H-pyrrole nitrogens is 1. The lowest BCUT2D eigenvalue weighted by molar-refractivity contribution is 0.458. The molecule has 0 amide bonds. The molecule has 0 fully saturated rings. The topological polar surface area (TPSA) is 74.8 Å². The highest BCUT2D eigenvalue weighted by Crippen LogP contribution is 2.15. The molecule has 6 heteroatoms. The van der Waals surface area contributed by atoms with Crippen LogP contribution in [0.15, 0.2) is 12.3 Å². The van der Waals surface area contributed by atoms with Gasteiger partial charge in [-0.05, 0) is 11.5 Å². The maximum Gasteiger partial charge on any atom is 0.212 e. The molecule has 0 saturated heterocycles. The maximum absolute atomic E-state index is 11.6. The zero-order valence-corrected chi connectivity index (χ0v) is 10.1. The molecule has 5 nitrogen and oxygen atoms in total. The standard InChI is InChI=1S/C9H17N3O2S/c1-9(2,3)7-15(13,14)11-6-8-4-5-10-12-8/h4-5,11H,6-7H2,1-3H3,(H,10,12). The van der Waals surface area contributed by atoms with E-state index < -0.39 is 10.0 Å². The predicted molar refractivity (Wildman–Crippen MR) is 58.7 cm³/mol. The average molecular weight is 231 g/mol. The van der Waals surface area contributed by atoms with Crippen LogP contribution in [-0.2, 0) is 16.6 Å². The van der Waals surface area contributed by atoms with E-state index in [0.29, 0.717) is 0 Å². The Labute approximate surface area is 90.3 Å². The number of aromatic nitrogens is 2. The summed E-state index contributed by atoms with van der Waals surface area (Å²) >= 11 is 0. The fourth-order valence-electron chi connectivity index (χ4n) is 1.19. The molecule has 0 aliphatic rings. The van der Waals surface area contributed by atoms with E-state index in [1.165, 1.54) is 0 Å². The minimum Gasteiger partial charge on any atom is -0.281 e. The summed E-state index contributed by atoms with van der Waals surface area (Å²) in [6, 6.07) is 1.74. The molecule has 0 aromatic carbocycles. The molecular weight excluding hydrogens is 214 g/mol. The highest BCUT2D eigenvalue weighted by atomic mass is 32.2. The molecule has 0 aliphatic heterocycles. The third-order valence-electron chi connectivity index (χ3n) is 1.66. The first kappa shape index (κ1) is 12.2. The van der Waals surface area contributed by atoms with Crippen molar-refractivity contribution < 1.29 is 8.42 Å². The van der Waals surface area contributed by atoms with Gasteiger partial charge in [0, 0.05) is 6.20 Å². The monoisotopic (exact) mass is 231 g/mol. The van der Waals surface area contributed by atoms with E-state index >= 15 is 0 Å². The van der Waals surface area contributed by atoms with Gasteiger partial charge in [0.1, 0.15) is 0 Å². The Balaban J connectivity index is 2.51. The molecule has 0 radical (unpaired) electrons. The van der Waals surface area contributed by atoms with E-state index in [9.17, 15) is 8.42 Å². The number of nitrogens with zero attached hydrogens (tertiary/aromatic N) is 1. The molecule has 1 heterocycles. The quantitative estimate of drug-likeness (QED) is 0.807. The minimum atomic E-state index is -3.21. The van der Waals surface area contributed by atoms with Gasteiger partial charge in [-0.25, -0.2) is 13.1 Å². The second-order valence-electron chi connectivity index (χ2n) is 4.72. The third-order valence-corrected chi connectivity index (χ3v) is 3.49. The average Bonchev–Trinajstić information content (AvgIpc) is 2.47. The molecule has 0 saturated carbocycles. The summed E-state index contributed by atoms with van der Waals surface area (Å²) in [6.45, 7) is 5.94. The Kier molecular flexibility index (Phi) is 3.51. The van der Waals surface area contributed by atoms with Gasteiger partial charge in [0.05, 0.1) is 18.0 Å². The first-order valence-electron chi connectivity index (χ1n) is 4.74. The largest absolute Gasteiger partial charge is 0.281 e. The van der Waals surface area contributed by atoms with Crippen LogP contribution >= 0.6 is 0 Å². The molecule has 0 atom stereocenters. The molecule has 0 spiro atoms. The Morgan fingerprint density at radius 1 is 1.47 bits per heavy atom. The normalized spacial score (nSPS) is 13.0. The summed E-state index contributed by atoms with van der Waals surface area (Å²) in [5.41, 5.74) is 0.521. The highest BCUT2D eigenvalue weighted by molar-refractivity contribution is 7.89. The lowest BCUT2D eigenvalue weighted by atomic mass is 10.0. The van der Waals surface area contributed by atoms with Gasteiger partial charge in [0.2, 0.25) is 10.0 Å². The molecular formula is C9H17N3O2S. The van der Waals surface area contributed by atoms with Gasteiger partial charge in [0.25, 0.3) is 0 Å². The second kappa shape index (κ2) is 4.32. The third kappa shape index (κ3) is 4.94. The van der Waals surface area contributed by atoms with Crippen LogP contribution in [-0.4, -0.2) is 24.4 Å². The summed E-state index contributed by atoms with van der Waals surface area (Å²) < 4.78 is 25.7. The van der Waals surface area contributed by atoms with Crippen molar-refractivity contribution in [2.24, 2.45) is 5.41 Å². The van der Waals surface area contributed by atoms with Crippen molar-refractivity contribution in [1.29, 1.82) is 0 Å². The van der Waals surface area contributed by atoms with Crippen LogP contribution in [0.25, 0.3) is 0 Å². The molecule has 15 heavy (non-hydrogen) atoms. The van der Waals surface area contributed by atoms with Gasteiger partial charge in [-0.15, -0.1) is 0 Å². The van der Waals surface area contributed by atoms with Crippen LogP contribution in [0.3, 0.4) is 0 Å². The van der Waals surface area contributed by atoms with Crippen molar-refractivity contribution in [3.05, 3.63) is 18.0 Å². The van der Waals surface area contributed by atoms with Gasteiger partial charge in [0.15, 0.2) is 0 Å². The van der Waals surface area contributed by atoms with Crippen LogP contribution in [0.4, 0.5) is 0 Å². The number of nitrogens with one attached hydrogen (secondary N) is 2.